The molecule has 0 N–H and O–H groups in total. The van der Waals surface area contributed by atoms with Crippen molar-refractivity contribution >= 4 is 10.0 Å². The molecule has 22 heavy (non-hydrogen) atoms. The summed E-state index contributed by atoms with van der Waals surface area (Å²) in [5, 5.41) is 0. The molecule has 0 radical (unpaired) electrons. The topological polar surface area (TPSA) is 40.6 Å². The van der Waals surface area contributed by atoms with Gasteiger partial charge in [-0.2, -0.15) is 4.31 Å². The highest BCUT2D eigenvalue weighted by Gasteiger charge is 2.31. The van der Waals surface area contributed by atoms with Crippen LogP contribution in [0.5, 0.6) is 0 Å². The third-order valence-corrected chi connectivity index (χ3v) is 6.94. The lowest BCUT2D eigenvalue weighted by atomic mass is 10.0. The summed E-state index contributed by atoms with van der Waals surface area (Å²) in [6, 6.07) is 2.07. The highest BCUT2D eigenvalue weighted by atomic mass is 32.2. The van der Waals surface area contributed by atoms with Crippen molar-refractivity contribution in [1.82, 2.24) is 9.21 Å². The van der Waals surface area contributed by atoms with Crippen LogP contribution in [0.25, 0.3) is 0 Å². The van der Waals surface area contributed by atoms with Crippen LogP contribution >= 0.6 is 0 Å². The molecule has 0 amide bonds. The Bertz CT molecular complexity index is 619. The number of nitrogens with zero attached hydrogens (tertiary/aromatic N) is 2. The smallest absolute Gasteiger partial charge is 0.243 e. The Morgan fingerprint density at radius 2 is 1.45 bits per heavy atom. The minimum Gasteiger partial charge on any atom is -0.301 e. The lowest BCUT2D eigenvalue weighted by molar-refractivity contribution is 0.188. The van der Waals surface area contributed by atoms with Gasteiger partial charge in [0, 0.05) is 26.2 Å². The maximum Gasteiger partial charge on any atom is 0.243 e. The largest absolute Gasteiger partial charge is 0.301 e. The van der Waals surface area contributed by atoms with E-state index in [4.69, 9.17) is 0 Å². The number of sulfonamides is 1. The van der Waals surface area contributed by atoms with Gasteiger partial charge in [-0.3, -0.25) is 0 Å². The van der Waals surface area contributed by atoms with Gasteiger partial charge in [0.15, 0.2) is 0 Å². The summed E-state index contributed by atoms with van der Waals surface area (Å²) in [5.41, 5.74) is 3.87. The minimum atomic E-state index is -3.40. The van der Waals surface area contributed by atoms with Gasteiger partial charge in [-0.1, -0.05) is 13.0 Å². The molecule has 0 atom stereocenters. The fourth-order valence-corrected chi connectivity index (χ4v) is 5.20. The number of piperazine rings is 1. The predicted molar refractivity (Wildman–Crippen MR) is 90.9 cm³/mol. The molecule has 5 heteroatoms. The second-order valence-electron chi connectivity index (χ2n) is 6.34. The summed E-state index contributed by atoms with van der Waals surface area (Å²) in [6.45, 7) is 13.9. The van der Waals surface area contributed by atoms with Gasteiger partial charge >= 0.3 is 0 Å². The van der Waals surface area contributed by atoms with E-state index in [1.165, 1.54) is 0 Å². The van der Waals surface area contributed by atoms with Crippen LogP contribution in [0.4, 0.5) is 0 Å². The summed E-state index contributed by atoms with van der Waals surface area (Å²) < 4.78 is 27.9. The van der Waals surface area contributed by atoms with Crippen LogP contribution in [0.3, 0.4) is 0 Å². The first-order chi connectivity index (χ1) is 10.3. The fourth-order valence-electron chi connectivity index (χ4n) is 3.21. The first-order valence-corrected chi connectivity index (χ1v) is 9.53. The molecule has 1 aromatic rings. The van der Waals surface area contributed by atoms with Crippen molar-refractivity contribution in [3.05, 3.63) is 28.3 Å². The van der Waals surface area contributed by atoms with Crippen molar-refractivity contribution in [2.45, 2.75) is 45.9 Å². The summed E-state index contributed by atoms with van der Waals surface area (Å²) in [6.07, 6.45) is 1.11. The second-order valence-corrected chi connectivity index (χ2v) is 8.21. The maximum atomic E-state index is 13.1. The normalized spacial score (nSPS) is 17.9. The highest BCUT2D eigenvalue weighted by molar-refractivity contribution is 7.89. The third kappa shape index (κ3) is 3.21. The van der Waals surface area contributed by atoms with Gasteiger partial charge in [-0.15, -0.1) is 0 Å². The molecule has 1 saturated heterocycles. The van der Waals surface area contributed by atoms with Crippen LogP contribution < -0.4 is 0 Å². The first-order valence-electron chi connectivity index (χ1n) is 8.09. The van der Waals surface area contributed by atoms with Crippen molar-refractivity contribution in [3.63, 3.8) is 0 Å². The van der Waals surface area contributed by atoms with E-state index in [2.05, 4.69) is 17.9 Å². The molecule has 0 saturated carbocycles. The third-order valence-electron chi connectivity index (χ3n) is 4.77. The van der Waals surface area contributed by atoms with Crippen LogP contribution in [-0.2, 0) is 10.0 Å². The maximum absolute atomic E-state index is 13.1. The van der Waals surface area contributed by atoms with E-state index in [-0.39, 0.29) is 0 Å². The van der Waals surface area contributed by atoms with Crippen molar-refractivity contribution in [1.29, 1.82) is 0 Å². The first kappa shape index (κ1) is 17.4. The Morgan fingerprint density at radius 1 is 0.955 bits per heavy atom. The average Bonchev–Trinajstić information content (AvgIpc) is 2.46. The van der Waals surface area contributed by atoms with Gasteiger partial charge in [0.1, 0.15) is 0 Å². The van der Waals surface area contributed by atoms with Crippen LogP contribution in [0.1, 0.15) is 35.6 Å². The van der Waals surface area contributed by atoms with E-state index >= 15 is 0 Å². The van der Waals surface area contributed by atoms with Gasteiger partial charge in [0.2, 0.25) is 10.0 Å². The summed E-state index contributed by atoms with van der Waals surface area (Å²) in [4.78, 5) is 2.86. The second kappa shape index (κ2) is 6.69. The monoisotopic (exact) mass is 324 g/mol. The van der Waals surface area contributed by atoms with E-state index in [1.807, 2.05) is 27.7 Å². The highest BCUT2D eigenvalue weighted by Crippen LogP contribution is 2.29. The molecule has 0 spiro atoms. The lowest BCUT2D eigenvalue weighted by Gasteiger charge is -2.34. The Hall–Kier alpha value is -0.910. The SMILES string of the molecule is CCCN1CCN(S(=O)(=O)c2c(C)c(C)cc(C)c2C)CC1. The number of hydrogen-bond donors (Lipinski definition) is 0. The Kier molecular flexibility index (Phi) is 5.30. The fraction of sp³-hybridized carbons (Fsp3) is 0.647. The molecule has 124 valence electrons. The Balaban J connectivity index is 2.33. The standard InChI is InChI=1S/C17H28N2O2S/c1-6-7-18-8-10-19(11-9-18)22(20,21)17-15(4)13(2)12-14(3)16(17)5/h12H,6-11H2,1-5H3. The molecule has 1 heterocycles. The quantitative estimate of drug-likeness (QED) is 0.855. The van der Waals surface area contributed by atoms with E-state index in [0.717, 1.165) is 48.3 Å². The van der Waals surface area contributed by atoms with Crippen LogP contribution in [0.2, 0.25) is 0 Å². The minimum absolute atomic E-state index is 0.522. The molecule has 1 fully saturated rings. The van der Waals surface area contributed by atoms with E-state index < -0.39 is 10.0 Å². The predicted octanol–water partition coefficient (Wildman–Crippen LogP) is 2.64. The number of hydrogen-bond acceptors (Lipinski definition) is 3. The molecular weight excluding hydrogens is 296 g/mol. The number of benzene rings is 1. The van der Waals surface area contributed by atoms with Crippen molar-refractivity contribution in [2.24, 2.45) is 0 Å². The Morgan fingerprint density at radius 3 is 1.91 bits per heavy atom. The molecular formula is C17H28N2O2S. The van der Waals surface area contributed by atoms with E-state index in [1.54, 1.807) is 4.31 Å². The van der Waals surface area contributed by atoms with Crippen LogP contribution in [-0.4, -0.2) is 50.3 Å². The molecule has 0 aliphatic carbocycles. The van der Waals surface area contributed by atoms with Crippen LogP contribution in [0, 0.1) is 27.7 Å². The van der Waals surface area contributed by atoms with Crippen molar-refractivity contribution in [2.75, 3.05) is 32.7 Å². The molecule has 2 rings (SSSR count). The van der Waals surface area contributed by atoms with Gasteiger partial charge in [-0.05, 0) is 62.9 Å². The zero-order chi connectivity index (χ0) is 16.5. The van der Waals surface area contributed by atoms with Gasteiger partial charge < -0.3 is 4.90 Å². The summed E-state index contributed by atoms with van der Waals surface area (Å²) >= 11 is 0. The average molecular weight is 324 g/mol. The molecule has 0 bridgehead atoms. The van der Waals surface area contributed by atoms with E-state index in [0.29, 0.717) is 18.0 Å². The molecule has 0 aromatic heterocycles. The van der Waals surface area contributed by atoms with Crippen molar-refractivity contribution < 1.29 is 8.42 Å². The zero-order valence-electron chi connectivity index (χ0n) is 14.4. The van der Waals surface area contributed by atoms with Crippen LogP contribution in [0.15, 0.2) is 11.0 Å². The molecule has 4 nitrogen and oxygen atoms in total. The van der Waals surface area contributed by atoms with E-state index in [9.17, 15) is 8.42 Å². The number of rotatable bonds is 4. The molecule has 1 aromatic carbocycles. The summed E-state index contributed by atoms with van der Waals surface area (Å²) in [7, 11) is -3.40. The van der Waals surface area contributed by atoms with Crippen molar-refractivity contribution in [3.8, 4) is 0 Å². The van der Waals surface area contributed by atoms with Gasteiger partial charge in [-0.25, -0.2) is 8.42 Å². The molecule has 1 aliphatic heterocycles. The van der Waals surface area contributed by atoms with Gasteiger partial charge in [0.25, 0.3) is 0 Å². The zero-order valence-corrected chi connectivity index (χ0v) is 15.3. The molecule has 1 aliphatic rings. The lowest BCUT2D eigenvalue weighted by Crippen LogP contribution is -2.48. The molecule has 0 unspecified atom stereocenters. The number of aryl methyl sites for hydroxylation is 2. The van der Waals surface area contributed by atoms with Gasteiger partial charge in [0.05, 0.1) is 4.90 Å². The Labute approximate surface area is 135 Å². The summed E-state index contributed by atoms with van der Waals surface area (Å²) in [5.74, 6) is 0.